The highest BCUT2D eigenvalue weighted by atomic mass is 16.5. The fourth-order valence-electron chi connectivity index (χ4n) is 5.18. The molecule has 1 unspecified atom stereocenters. The minimum absolute atomic E-state index is 0.0564. The van der Waals surface area contributed by atoms with E-state index in [-0.39, 0.29) is 17.7 Å². The van der Waals surface area contributed by atoms with Crippen LogP contribution in [0.5, 0.6) is 11.5 Å². The van der Waals surface area contributed by atoms with Gasteiger partial charge in [0.25, 0.3) is 0 Å². The molecule has 1 atom stereocenters. The van der Waals surface area contributed by atoms with Crippen molar-refractivity contribution in [1.82, 2.24) is 24.8 Å². The average molecular weight is 516 g/mol. The highest BCUT2D eigenvalue weighted by Crippen LogP contribution is 2.43. The summed E-state index contributed by atoms with van der Waals surface area (Å²) in [7, 11) is 5.21. The molecule has 0 N–H and O–H groups in total. The summed E-state index contributed by atoms with van der Waals surface area (Å²) in [4.78, 5) is 29.3. The van der Waals surface area contributed by atoms with Crippen molar-refractivity contribution in [3.63, 3.8) is 0 Å². The van der Waals surface area contributed by atoms with Crippen molar-refractivity contribution >= 4 is 17.4 Å². The molecule has 198 valence electrons. The number of rotatable bonds is 7. The molecule has 9 heteroatoms. The summed E-state index contributed by atoms with van der Waals surface area (Å²) >= 11 is 0. The van der Waals surface area contributed by atoms with Gasteiger partial charge >= 0.3 is 0 Å². The van der Waals surface area contributed by atoms with Crippen LogP contribution in [0.1, 0.15) is 24.0 Å². The molecule has 1 aromatic heterocycles. The number of carbonyl (C=O) groups excluding carboxylic acids is 2. The predicted octanol–water partition coefficient (Wildman–Crippen LogP) is 3.30. The van der Waals surface area contributed by atoms with Gasteiger partial charge in [0.2, 0.25) is 11.8 Å². The number of aryl methyl sites for hydroxylation is 1. The van der Waals surface area contributed by atoms with E-state index >= 15 is 0 Å². The van der Waals surface area contributed by atoms with Gasteiger partial charge in [-0.1, -0.05) is 29.5 Å². The monoisotopic (exact) mass is 515 g/mol. The van der Waals surface area contributed by atoms with Gasteiger partial charge in [0.05, 0.1) is 25.8 Å². The minimum Gasteiger partial charge on any atom is -0.496 e. The van der Waals surface area contributed by atoms with Crippen LogP contribution in [-0.2, 0) is 22.6 Å². The maximum absolute atomic E-state index is 13.0. The number of aromatic nitrogens is 3. The molecule has 0 spiro atoms. The van der Waals surface area contributed by atoms with Crippen LogP contribution in [0.4, 0.5) is 0 Å². The van der Waals surface area contributed by atoms with Gasteiger partial charge in [-0.2, -0.15) is 0 Å². The van der Waals surface area contributed by atoms with Gasteiger partial charge in [-0.25, -0.2) is 0 Å². The zero-order valence-corrected chi connectivity index (χ0v) is 22.1. The molecular formula is C29H33N5O4. The number of ether oxygens (including phenoxy) is 2. The smallest absolute Gasteiger partial charge is 0.228 e. The second-order valence-corrected chi connectivity index (χ2v) is 9.91. The van der Waals surface area contributed by atoms with E-state index in [0.29, 0.717) is 39.1 Å². The van der Waals surface area contributed by atoms with Crippen molar-refractivity contribution in [3.05, 3.63) is 66.0 Å². The Morgan fingerprint density at radius 3 is 2.79 bits per heavy atom. The molecule has 0 bridgehead atoms. The largest absolute Gasteiger partial charge is 0.496 e. The first-order chi connectivity index (χ1) is 18.4. The first-order valence-electron chi connectivity index (χ1n) is 12.9. The van der Waals surface area contributed by atoms with E-state index < -0.39 is 0 Å². The Kier molecular flexibility index (Phi) is 7.44. The van der Waals surface area contributed by atoms with Crippen LogP contribution in [0, 0.1) is 5.92 Å². The Hall–Kier alpha value is -4.14. The van der Waals surface area contributed by atoms with E-state index in [9.17, 15) is 9.59 Å². The lowest BCUT2D eigenvalue weighted by molar-refractivity contribution is -0.134. The topological polar surface area (TPSA) is 89.8 Å². The number of fused-ring (bicyclic) bond motifs is 1. The third kappa shape index (κ3) is 5.27. The summed E-state index contributed by atoms with van der Waals surface area (Å²) in [6, 6.07) is 12.1. The van der Waals surface area contributed by atoms with E-state index in [1.54, 1.807) is 43.2 Å². The summed E-state index contributed by atoms with van der Waals surface area (Å²) in [5.74, 6) is 1.45. The van der Waals surface area contributed by atoms with Gasteiger partial charge in [-0.05, 0) is 47.7 Å². The minimum atomic E-state index is -0.242. The van der Waals surface area contributed by atoms with E-state index in [0.717, 1.165) is 45.7 Å². The van der Waals surface area contributed by atoms with E-state index in [1.165, 1.54) is 0 Å². The molecular weight excluding hydrogens is 482 g/mol. The molecule has 0 radical (unpaired) electrons. The number of methoxy groups -OCH3 is 1. The number of benzene rings is 2. The zero-order valence-electron chi connectivity index (χ0n) is 22.1. The Labute approximate surface area is 222 Å². The number of hydrogen-bond acceptors (Lipinski definition) is 6. The molecule has 2 aromatic carbocycles. The second kappa shape index (κ2) is 11.1. The van der Waals surface area contributed by atoms with Gasteiger partial charge < -0.3 is 19.3 Å². The predicted molar refractivity (Wildman–Crippen MR) is 144 cm³/mol. The molecule has 5 rings (SSSR count). The van der Waals surface area contributed by atoms with Crippen molar-refractivity contribution in [2.75, 3.05) is 40.9 Å². The molecule has 0 aliphatic carbocycles. The molecule has 2 aliphatic heterocycles. The molecule has 0 saturated heterocycles. The Morgan fingerprint density at radius 1 is 1.18 bits per heavy atom. The first-order valence-corrected chi connectivity index (χ1v) is 12.9. The summed E-state index contributed by atoms with van der Waals surface area (Å²) in [6.07, 6.45) is 7.33. The lowest BCUT2D eigenvalue weighted by atomic mass is 9.87. The van der Waals surface area contributed by atoms with Crippen molar-refractivity contribution in [2.45, 2.75) is 25.8 Å². The van der Waals surface area contributed by atoms with Gasteiger partial charge in [0.1, 0.15) is 18.1 Å². The Bertz CT molecular complexity index is 1350. The summed E-state index contributed by atoms with van der Waals surface area (Å²) in [6.45, 7) is 2.06. The third-order valence-electron chi connectivity index (χ3n) is 7.15. The maximum atomic E-state index is 13.0. The third-order valence-corrected chi connectivity index (χ3v) is 7.15. The van der Waals surface area contributed by atoms with Crippen LogP contribution in [0.2, 0.25) is 0 Å². The number of para-hydroxylation sites is 1. The van der Waals surface area contributed by atoms with Crippen LogP contribution >= 0.6 is 0 Å². The maximum Gasteiger partial charge on any atom is 0.228 e. The lowest BCUT2D eigenvalue weighted by Gasteiger charge is -2.31. The van der Waals surface area contributed by atoms with Crippen molar-refractivity contribution in [1.29, 1.82) is 0 Å². The summed E-state index contributed by atoms with van der Waals surface area (Å²) < 4.78 is 13.6. The van der Waals surface area contributed by atoms with Crippen LogP contribution in [0.3, 0.4) is 0 Å². The highest BCUT2D eigenvalue weighted by molar-refractivity contribution is 5.85. The molecule has 3 heterocycles. The summed E-state index contributed by atoms with van der Waals surface area (Å²) in [5, 5.41) is 7.76. The van der Waals surface area contributed by atoms with E-state index in [1.807, 2.05) is 29.2 Å². The number of hydrogen-bond donors (Lipinski definition) is 0. The standard InChI is InChI=1S/C29H33N5O4/c1-32(2)29(36)23-16-22-15-21(17-25(28(22)38-19-23)24-8-4-5-9-26(24)37-3)20-7-6-12-33(18-20)27(35)10-13-34-14-11-30-31-34/h4-5,7-9,11,14-15,17,23H,6,10,12-13,16,18-19H2,1-3H3. The first kappa shape index (κ1) is 25.5. The van der Waals surface area contributed by atoms with Crippen LogP contribution in [0.15, 0.2) is 54.9 Å². The molecule has 38 heavy (non-hydrogen) atoms. The Balaban J connectivity index is 1.47. The van der Waals surface area contributed by atoms with Crippen LogP contribution < -0.4 is 9.47 Å². The fourth-order valence-corrected chi connectivity index (χ4v) is 5.18. The molecule has 2 aliphatic rings. The Morgan fingerprint density at radius 2 is 2.03 bits per heavy atom. The molecule has 0 saturated carbocycles. The second-order valence-electron chi connectivity index (χ2n) is 9.91. The summed E-state index contributed by atoms with van der Waals surface area (Å²) in [5.41, 5.74) is 4.97. The van der Waals surface area contributed by atoms with Crippen LogP contribution in [0.25, 0.3) is 16.7 Å². The van der Waals surface area contributed by atoms with Crippen molar-refractivity contribution < 1.29 is 19.1 Å². The van der Waals surface area contributed by atoms with Gasteiger partial charge in [0.15, 0.2) is 0 Å². The van der Waals surface area contributed by atoms with Gasteiger partial charge in [-0.3, -0.25) is 14.3 Å². The van der Waals surface area contributed by atoms with E-state index in [4.69, 9.17) is 9.47 Å². The lowest BCUT2D eigenvalue weighted by Crippen LogP contribution is -2.37. The molecule has 3 aromatic rings. The van der Waals surface area contributed by atoms with E-state index in [2.05, 4.69) is 28.5 Å². The average Bonchev–Trinajstić information content (AvgIpc) is 3.48. The number of carbonyl (C=O) groups is 2. The zero-order chi connectivity index (χ0) is 26.6. The fraction of sp³-hybridized carbons (Fsp3) is 0.379. The van der Waals surface area contributed by atoms with Gasteiger partial charge in [0, 0.05) is 50.9 Å². The van der Waals surface area contributed by atoms with Crippen molar-refractivity contribution in [2.24, 2.45) is 5.92 Å². The quantitative estimate of drug-likeness (QED) is 0.480. The van der Waals surface area contributed by atoms with Gasteiger partial charge in [-0.15, -0.1) is 5.10 Å². The molecule has 2 amide bonds. The van der Waals surface area contributed by atoms with Crippen molar-refractivity contribution in [3.8, 4) is 22.6 Å². The normalized spacial score (nSPS) is 16.8. The molecule has 9 nitrogen and oxygen atoms in total. The molecule has 0 fully saturated rings. The SMILES string of the molecule is COc1ccccc1-c1cc(C2=CCCN(C(=O)CCn3ccnn3)C2)cc2c1OCC(C(=O)N(C)C)C2. The number of amides is 2. The number of nitrogens with zero attached hydrogens (tertiary/aromatic N) is 5. The highest BCUT2D eigenvalue weighted by Gasteiger charge is 2.31. The van der Waals surface area contributed by atoms with Crippen LogP contribution in [-0.4, -0.2) is 77.5 Å².